The number of aromatic nitrogens is 2. The second kappa shape index (κ2) is 12.3. The molecule has 0 saturated carbocycles. The Kier molecular flexibility index (Phi) is 10.5. The van der Waals surface area contributed by atoms with E-state index < -0.39 is 12.6 Å². The van der Waals surface area contributed by atoms with Crippen LogP contribution in [0.2, 0.25) is 0 Å². The minimum absolute atomic E-state index is 0. The van der Waals surface area contributed by atoms with E-state index in [1.165, 1.54) is 4.68 Å². The molecular weight excluding hydrogens is 500 g/mol. The zero-order valence-corrected chi connectivity index (χ0v) is 18.2. The maximum absolute atomic E-state index is 12.3. The van der Waals surface area contributed by atoms with Crippen LogP contribution in [-0.4, -0.2) is 40.9 Å². The normalized spacial score (nSPS) is 11.5. The third-order valence-corrected chi connectivity index (χ3v) is 3.54. The van der Waals surface area contributed by atoms with Crippen molar-refractivity contribution < 1.29 is 18.0 Å². The predicted octanol–water partition coefficient (Wildman–Crippen LogP) is 3.15. The molecule has 29 heavy (non-hydrogen) atoms. The highest BCUT2D eigenvalue weighted by Gasteiger charge is 2.26. The van der Waals surface area contributed by atoms with Gasteiger partial charge in [0.25, 0.3) is 0 Å². The van der Waals surface area contributed by atoms with Crippen molar-refractivity contribution in [2.24, 2.45) is 4.99 Å². The van der Waals surface area contributed by atoms with E-state index in [0.717, 1.165) is 5.56 Å². The molecule has 11 heteroatoms. The van der Waals surface area contributed by atoms with Crippen molar-refractivity contribution in [3.05, 3.63) is 48.3 Å². The lowest BCUT2D eigenvalue weighted by molar-refractivity contribution is -0.132. The quantitative estimate of drug-likeness (QED) is 0.282. The van der Waals surface area contributed by atoms with Crippen molar-refractivity contribution in [1.82, 2.24) is 20.4 Å². The standard InChI is InChI=1S/C18H23F3N6O.HI/c1-2-22-17(23-9-7-18(19,20)21)24-12-14-5-3-6-15(11-14)26-16(28)13-27-10-4-8-25-27;/h3-6,8,10-11H,2,7,9,12-13H2,1H3,(H,26,28)(H2,22,23,24);1H. The number of benzene rings is 1. The number of carbonyl (C=O) groups excluding carboxylic acids is 1. The number of aliphatic imine (C=N–C) groups is 1. The molecule has 2 rings (SSSR count). The summed E-state index contributed by atoms with van der Waals surface area (Å²) in [4.78, 5) is 16.3. The first-order valence-corrected chi connectivity index (χ1v) is 8.81. The van der Waals surface area contributed by atoms with E-state index in [0.29, 0.717) is 18.2 Å². The van der Waals surface area contributed by atoms with Crippen LogP contribution in [0.5, 0.6) is 0 Å². The molecule has 0 fully saturated rings. The molecule has 0 spiro atoms. The molecule has 0 saturated heterocycles. The van der Waals surface area contributed by atoms with Crippen LogP contribution in [0.1, 0.15) is 18.9 Å². The first kappa shape index (κ1) is 24.7. The molecule has 2 aromatic rings. The summed E-state index contributed by atoms with van der Waals surface area (Å²) >= 11 is 0. The summed E-state index contributed by atoms with van der Waals surface area (Å²) < 4.78 is 38.3. The van der Waals surface area contributed by atoms with Gasteiger partial charge in [0.15, 0.2) is 5.96 Å². The number of guanidine groups is 1. The zero-order chi connectivity index (χ0) is 20.4. The Bertz CT molecular complexity index is 780. The van der Waals surface area contributed by atoms with Crippen LogP contribution in [-0.2, 0) is 17.9 Å². The third-order valence-electron chi connectivity index (χ3n) is 3.54. The maximum atomic E-state index is 12.3. The molecule has 1 aromatic carbocycles. The number of nitrogens with zero attached hydrogens (tertiary/aromatic N) is 3. The molecule has 0 bridgehead atoms. The van der Waals surface area contributed by atoms with Gasteiger partial charge in [-0.15, -0.1) is 24.0 Å². The highest BCUT2D eigenvalue weighted by molar-refractivity contribution is 14.0. The molecule has 0 atom stereocenters. The SMILES string of the molecule is CCNC(=NCc1cccc(NC(=O)Cn2cccn2)c1)NCCC(F)(F)F.I. The number of halogens is 4. The lowest BCUT2D eigenvalue weighted by atomic mass is 10.2. The van der Waals surface area contributed by atoms with Crippen LogP contribution >= 0.6 is 24.0 Å². The van der Waals surface area contributed by atoms with Crippen molar-refractivity contribution in [2.45, 2.75) is 32.6 Å². The van der Waals surface area contributed by atoms with Crippen molar-refractivity contribution in [3.8, 4) is 0 Å². The van der Waals surface area contributed by atoms with E-state index in [1.54, 1.807) is 36.7 Å². The third kappa shape index (κ3) is 10.1. The number of alkyl halides is 3. The Hall–Kier alpha value is -2.31. The predicted molar refractivity (Wildman–Crippen MR) is 116 cm³/mol. The minimum atomic E-state index is -4.22. The average Bonchev–Trinajstić information content (AvgIpc) is 3.11. The fourth-order valence-corrected chi connectivity index (χ4v) is 2.32. The van der Waals surface area contributed by atoms with Gasteiger partial charge in [-0.05, 0) is 30.7 Å². The van der Waals surface area contributed by atoms with Crippen LogP contribution in [0.25, 0.3) is 0 Å². The smallest absolute Gasteiger partial charge is 0.357 e. The minimum Gasteiger partial charge on any atom is -0.357 e. The van der Waals surface area contributed by atoms with E-state index in [9.17, 15) is 18.0 Å². The molecule has 1 heterocycles. The van der Waals surface area contributed by atoms with Crippen LogP contribution < -0.4 is 16.0 Å². The van der Waals surface area contributed by atoms with Gasteiger partial charge in [-0.3, -0.25) is 9.48 Å². The maximum Gasteiger partial charge on any atom is 0.390 e. The van der Waals surface area contributed by atoms with Crippen LogP contribution in [0.4, 0.5) is 18.9 Å². The summed E-state index contributed by atoms with van der Waals surface area (Å²) in [5.41, 5.74) is 1.42. The van der Waals surface area contributed by atoms with E-state index >= 15 is 0 Å². The lowest BCUT2D eigenvalue weighted by Gasteiger charge is -2.12. The van der Waals surface area contributed by atoms with Crippen LogP contribution in [0, 0.1) is 0 Å². The number of amides is 1. The summed E-state index contributed by atoms with van der Waals surface area (Å²) in [6.45, 7) is 2.46. The molecule has 3 N–H and O–H groups in total. The monoisotopic (exact) mass is 524 g/mol. The molecule has 0 aliphatic carbocycles. The Labute approximate surface area is 184 Å². The zero-order valence-electron chi connectivity index (χ0n) is 15.9. The number of hydrogen-bond donors (Lipinski definition) is 3. The topological polar surface area (TPSA) is 83.3 Å². The van der Waals surface area contributed by atoms with Gasteiger partial charge in [0.05, 0.1) is 13.0 Å². The van der Waals surface area contributed by atoms with Crippen LogP contribution in [0.3, 0.4) is 0 Å². The molecule has 1 amide bonds. The molecule has 0 aliphatic rings. The van der Waals surface area contributed by atoms with Gasteiger partial charge >= 0.3 is 6.18 Å². The molecule has 0 radical (unpaired) electrons. The largest absolute Gasteiger partial charge is 0.390 e. The van der Waals surface area contributed by atoms with Gasteiger partial charge in [0, 0.05) is 31.2 Å². The lowest BCUT2D eigenvalue weighted by Crippen LogP contribution is -2.38. The Morgan fingerprint density at radius 3 is 2.69 bits per heavy atom. The molecule has 0 aliphatic heterocycles. The number of anilines is 1. The van der Waals surface area contributed by atoms with Gasteiger partial charge in [-0.2, -0.15) is 18.3 Å². The molecule has 1 aromatic heterocycles. The fraction of sp³-hybridized carbons (Fsp3) is 0.389. The van der Waals surface area contributed by atoms with Gasteiger partial charge in [0.1, 0.15) is 6.54 Å². The summed E-state index contributed by atoms with van der Waals surface area (Å²) in [7, 11) is 0. The second-order valence-corrected chi connectivity index (χ2v) is 5.94. The first-order chi connectivity index (χ1) is 13.4. The first-order valence-electron chi connectivity index (χ1n) is 8.81. The van der Waals surface area contributed by atoms with E-state index in [1.807, 2.05) is 13.0 Å². The van der Waals surface area contributed by atoms with Crippen LogP contribution in [0.15, 0.2) is 47.7 Å². The summed E-state index contributed by atoms with van der Waals surface area (Å²) in [6, 6.07) is 8.85. The van der Waals surface area contributed by atoms with Gasteiger partial charge in [-0.25, -0.2) is 4.99 Å². The van der Waals surface area contributed by atoms with Gasteiger partial charge < -0.3 is 16.0 Å². The van der Waals surface area contributed by atoms with E-state index in [-0.39, 0.29) is 49.5 Å². The Morgan fingerprint density at radius 1 is 1.24 bits per heavy atom. The second-order valence-electron chi connectivity index (χ2n) is 5.94. The summed E-state index contributed by atoms with van der Waals surface area (Å²) in [5.74, 6) is 0.0892. The highest BCUT2D eigenvalue weighted by Crippen LogP contribution is 2.18. The number of rotatable bonds is 8. The Morgan fingerprint density at radius 2 is 2.03 bits per heavy atom. The van der Waals surface area contributed by atoms with E-state index in [2.05, 4.69) is 26.0 Å². The highest BCUT2D eigenvalue weighted by atomic mass is 127. The Balaban J connectivity index is 0.00000420. The van der Waals surface area contributed by atoms with Crippen molar-refractivity contribution in [2.75, 3.05) is 18.4 Å². The summed E-state index contributed by atoms with van der Waals surface area (Å²) in [6.07, 6.45) is -1.86. The average molecular weight is 524 g/mol. The number of carbonyl (C=O) groups is 1. The van der Waals surface area contributed by atoms with Crippen molar-refractivity contribution in [1.29, 1.82) is 0 Å². The fourth-order valence-electron chi connectivity index (χ4n) is 2.32. The van der Waals surface area contributed by atoms with Gasteiger partial charge in [0.2, 0.25) is 5.91 Å². The van der Waals surface area contributed by atoms with Crippen molar-refractivity contribution in [3.63, 3.8) is 0 Å². The molecule has 7 nitrogen and oxygen atoms in total. The number of hydrogen-bond acceptors (Lipinski definition) is 3. The van der Waals surface area contributed by atoms with E-state index in [4.69, 9.17) is 0 Å². The molecule has 0 unspecified atom stereocenters. The number of nitrogens with one attached hydrogen (secondary N) is 3. The molecule has 160 valence electrons. The van der Waals surface area contributed by atoms with Crippen molar-refractivity contribution >= 4 is 41.5 Å². The summed E-state index contributed by atoms with van der Waals surface area (Å²) in [5, 5.41) is 12.3. The van der Waals surface area contributed by atoms with Gasteiger partial charge in [-0.1, -0.05) is 12.1 Å². The molecular formula is C18H24F3IN6O.